The van der Waals surface area contributed by atoms with Crippen molar-refractivity contribution in [3.63, 3.8) is 0 Å². The van der Waals surface area contributed by atoms with Crippen molar-refractivity contribution in [1.82, 2.24) is 14.8 Å². The Balaban J connectivity index is 2.43. The van der Waals surface area contributed by atoms with Gasteiger partial charge in [-0.3, -0.25) is 4.98 Å². The molecule has 15 heavy (non-hydrogen) atoms. The van der Waals surface area contributed by atoms with Gasteiger partial charge in [0.25, 0.3) is 6.43 Å². The van der Waals surface area contributed by atoms with E-state index in [4.69, 9.17) is 5.73 Å². The molecule has 0 atom stereocenters. The summed E-state index contributed by atoms with van der Waals surface area (Å²) in [6, 6.07) is 3.39. The minimum absolute atomic E-state index is 0.0196. The van der Waals surface area contributed by atoms with Crippen LogP contribution < -0.4 is 5.73 Å². The predicted molar refractivity (Wildman–Crippen MR) is 50.7 cm³/mol. The summed E-state index contributed by atoms with van der Waals surface area (Å²) >= 11 is 0. The number of anilines is 1. The Morgan fingerprint density at radius 3 is 2.73 bits per heavy atom. The van der Waals surface area contributed by atoms with Gasteiger partial charge in [-0.2, -0.15) is 5.10 Å². The van der Waals surface area contributed by atoms with Crippen molar-refractivity contribution in [3.8, 4) is 5.69 Å². The molecule has 0 spiro atoms. The molecule has 0 bridgehead atoms. The first-order chi connectivity index (χ1) is 7.18. The van der Waals surface area contributed by atoms with Crippen molar-refractivity contribution in [2.75, 3.05) is 5.73 Å². The standard InChI is InChI=1S/C9H8F2N4/c10-9(11)8-7(12)5-15(14-8)6-2-1-3-13-4-6/h1-5,9H,12H2. The molecular weight excluding hydrogens is 202 g/mol. The summed E-state index contributed by atoms with van der Waals surface area (Å²) in [7, 11) is 0. The molecule has 2 rings (SSSR count). The lowest BCUT2D eigenvalue weighted by molar-refractivity contribution is 0.146. The fourth-order valence-electron chi connectivity index (χ4n) is 1.19. The normalized spacial score (nSPS) is 10.9. The van der Waals surface area contributed by atoms with Gasteiger partial charge in [-0.25, -0.2) is 13.5 Å². The molecule has 2 aromatic heterocycles. The average Bonchev–Trinajstić information content (AvgIpc) is 2.62. The highest BCUT2D eigenvalue weighted by atomic mass is 19.3. The van der Waals surface area contributed by atoms with Crippen molar-refractivity contribution < 1.29 is 8.78 Å². The van der Waals surface area contributed by atoms with Gasteiger partial charge in [0.2, 0.25) is 0 Å². The number of nitrogen functional groups attached to an aromatic ring is 1. The highest BCUT2D eigenvalue weighted by molar-refractivity contribution is 5.44. The van der Waals surface area contributed by atoms with Crippen LogP contribution in [0.15, 0.2) is 30.7 Å². The molecular formula is C9H8F2N4. The Morgan fingerprint density at radius 1 is 1.40 bits per heavy atom. The van der Waals surface area contributed by atoms with Gasteiger partial charge in [0, 0.05) is 6.20 Å². The van der Waals surface area contributed by atoms with E-state index in [9.17, 15) is 8.78 Å². The van der Waals surface area contributed by atoms with Crippen molar-refractivity contribution in [2.24, 2.45) is 0 Å². The zero-order valence-electron chi connectivity index (χ0n) is 7.64. The van der Waals surface area contributed by atoms with Gasteiger partial charge in [-0.05, 0) is 12.1 Å². The Kier molecular flexibility index (Phi) is 2.32. The monoisotopic (exact) mass is 210 g/mol. The molecule has 0 aliphatic heterocycles. The third-order valence-electron chi connectivity index (χ3n) is 1.89. The molecule has 6 heteroatoms. The molecule has 0 aromatic carbocycles. The number of alkyl halides is 2. The van der Waals surface area contributed by atoms with E-state index >= 15 is 0 Å². The summed E-state index contributed by atoms with van der Waals surface area (Å²) in [5, 5.41) is 3.68. The maximum Gasteiger partial charge on any atom is 0.284 e. The largest absolute Gasteiger partial charge is 0.396 e. The number of rotatable bonds is 2. The fourth-order valence-corrected chi connectivity index (χ4v) is 1.19. The van der Waals surface area contributed by atoms with Gasteiger partial charge in [0.1, 0.15) is 0 Å². The molecule has 0 saturated carbocycles. The Labute approximate surface area is 84.4 Å². The summed E-state index contributed by atoms with van der Waals surface area (Å²) in [6.07, 6.45) is 1.79. The first-order valence-electron chi connectivity index (χ1n) is 4.22. The highest BCUT2D eigenvalue weighted by Crippen LogP contribution is 2.23. The third kappa shape index (κ3) is 1.78. The smallest absolute Gasteiger partial charge is 0.284 e. The van der Waals surface area contributed by atoms with Crippen LogP contribution >= 0.6 is 0 Å². The maximum atomic E-state index is 12.4. The van der Waals surface area contributed by atoms with E-state index in [0.717, 1.165) is 0 Å². The Bertz CT molecular complexity index is 452. The van der Waals surface area contributed by atoms with Gasteiger partial charge in [0.15, 0.2) is 5.69 Å². The van der Waals surface area contributed by atoms with Crippen LogP contribution in [0.3, 0.4) is 0 Å². The highest BCUT2D eigenvalue weighted by Gasteiger charge is 2.16. The van der Waals surface area contributed by atoms with Crippen LogP contribution in [0.25, 0.3) is 5.69 Å². The molecule has 2 aromatic rings. The van der Waals surface area contributed by atoms with Crippen LogP contribution in [0.5, 0.6) is 0 Å². The molecule has 0 saturated heterocycles. The van der Waals surface area contributed by atoms with E-state index in [-0.39, 0.29) is 5.69 Å². The van der Waals surface area contributed by atoms with Crippen LogP contribution in [0.4, 0.5) is 14.5 Å². The average molecular weight is 210 g/mol. The number of aromatic nitrogens is 3. The summed E-state index contributed by atoms with van der Waals surface area (Å²) in [5.41, 5.74) is 5.57. The maximum absolute atomic E-state index is 12.4. The number of halogens is 2. The number of nitrogens with zero attached hydrogens (tertiary/aromatic N) is 3. The lowest BCUT2D eigenvalue weighted by Crippen LogP contribution is -1.96. The zero-order valence-corrected chi connectivity index (χ0v) is 7.64. The summed E-state index contributed by atoms with van der Waals surface area (Å²) in [6.45, 7) is 0. The van der Waals surface area contributed by atoms with Crippen LogP contribution in [0.2, 0.25) is 0 Å². The lowest BCUT2D eigenvalue weighted by atomic mass is 10.4. The van der Waals surface area contributed by atoms with Crippen LogP contribution in [0.1, 0.15) is 12.1 Å². The number of nitrogens with two attached hydrogens (primary N) is 1. The van der Waals surface area contributed by atoms with Crippen molar-refractivity contribution in [2.45, 2.75) is 6.43 Å². The minimum Gasteiger partial charge on any atom is -0.396 e. The quantitative estimate of drug-likeness (QED) is 0.822. The Hall–Kier alpha value is -1.98. The summed E-state index contributed by atoms with van der Waals surface area (Å²) in [4.78, 5) is 3.86. The van der Waals surface area contributed by atoms with E-state index in [1.54, 1.807) is 18.3 Å². The Morgan fingerprint density at radius 2 is 2.20 bits per heavy atom. The van der Waals surface area contributed by atoms with Crippen LogP contribution in [-0.2, 0) is 0 Å². The number of hydrogen-bond acceptors (Lipinski definition) is 3. The molecule has 0 fully saturated rings. The van der Waals surface area contributed by atoms with E-state index < -0.39 is 12.1 Å². The summed E-state index contributed by atoms with van der Waals surface area (Å²) < 4.78 is 26.1. The third-order valence-corrected chi connectivity index (χ3v) is 1.89. The second-order valence-electron chi connectivity index (χ2n) is 2.93. The molecule has 2 N–H and O–H groups in total. The van der Waals surface area contributed by atoms with Gasteiger partial charge in [-0.15, -0.1) is 0 Å². The van der Waals surface area contributed by atoms with Crippen LogP contribution in [-0.4, -0.2) is 14.8 Å². The minimum atomic E-state index is -2.66. The molecule has 0 amide bonds. The first kappa shape index (κ1) is 9.57. The molecule has 4 nitrogen and oxygen atoms in total. The van der Waals surface area contributed by atoms with E-state index in [0.29, 0.717) is 5.69 Å². The van der Waals surface area contributed by atoms with E-state index in [2.05, 4.69) is 10.1 Å². The summed E-state index contributed by atoms with van der Waals surface area (Å²) in [5.74, 6) is 0. The topological polar surface area (TPSA) is 56.7 Å². The molecule has 2 heterocycles. The second kappa shape index (κ2) is 3.64. The molecule has 0 aliphatic rings. The number of pyridine rings is 1. The number of hydrogen-bond donors (Lipinski definition) is 1. The van der Waals surface area contributed by atoms with Crippen molar-refractivity contribution in [1.29, 1.82) is 0 Å². The molecule has 78 valence electrons. The van der Waals surface area contributed by atoms with Crippen molar-refractivity contribution >= 4 is 5.69 Å². The molecule has 0 aliphatic carbocycles. The fraction of sp³-hybridized carbons (Fsp3) is 0.111. The van der Waals surface area contributed by atoms with Gasteiger partial charge in [-0.1, -0.05) is 0 Å². The molecule has 0 unspecified atom stereocenters. The van der Waals surface area contributed by atoms with E-state index in [1.165, 1.54) is 17.1 Å². The predicted octanol–water partition coefficient (Wildman–Crippen LogP) is 1.79. The van der Waals surface area contributed by atoms with Gasteiger partial charge >= 0.3 is 0 Å². The van der Waals surface area contributed by atoms with Gasteiger partial charge < -0.3 is 5.73 Å². The molecule has 0 radical (unpaired) electrons. The second-order valence-corrected chi connectivity index (χ2v) is 2.93. The van der Waals surface area contributed by atoms with Crippen LogP contribution in [0, 0.1) is 0 Å². The first-order valence-corrected chi connectivity index (χ1v) is 4.22. The SMILES string of the molecule is Nc1cn(-c2cccnc2)nc1C(F)F. The lowest BCUT2D eigenvalue weighted by Gasteiger charge is -1.98. The van der Waals surface area contributed by atoms with E-state index in [1.807, 2.05) is 0 Å². The zero-order chi connectivity index (χ0) is 10.8. The van der Waals surface area contributed by atoms with Gasteiger partial charge in [0.05, 0.1) is 23.8 Å². The van der Waals surface area contributed by atoms with Crippen molar-refractivity contribution in [3.05, 3.63) is 36.4 Å².